The number of benzene rings is 2. The molecule has 0 aliphatic carbocycles. The first kappa shape index (κ1) is 20.1. The van der Waals surface area contributed by atoms with E-state index in [1.165, 1.54) is 0 Å². The van der Waals surface area contributed by atoms with Gasteiger partial charge in [0.05, 0.1) is 16.8 Å². The summed E-state index contributed by atoms with van der Waals surface area (Å²) in [5.41, 5.74) is 5.59. The molecule has 0 N–H and O–H groups in total. The van der Waals surface area contributed by atoms with Gasteiger partial charge < -0.3 is 9.64 Å². The van der Waals surface area contributed by atoms with Gasteiger partial charge in [-0.2, -0.15) is 0 Å². The molecule has 4 heterocycles. The Labute approximate surface area is 186 Å². The zero-order chi connectivity index (χ0) is 21.7. The van der Waals surface area contributed by atoms with E-state index in [9.17, 15) is 4.79 Å². The highest BCUT2D eigenvalue weighted by atomic mass is 35.5. The topological polar surface area (TPSA) is 60.2 Å². The van der Waals surface area contributed by atoms with Crippen molar-refractivity contribution in [3.63, 3.8) is 0 Å². The van der Waals surface area contributed by atoms with Crippen molar-refractivity contribution in [2.45, 2.75) is 45.3 Å². The lowest BCUT2D eigenvalue weighted by molar-refractivity contribution is 0.0349. The maximum atomic E-state index is 13.3. The van der Waals surface area contributed by atoms with E-state index in [0.29, 0.717) is 22.8 Å². The fourth-order valence-corrected chi connectivity index (χ4v) is 4.85. The van der Waals surface area contributed by atoms with E-state index < -0.39 is 0 Å². The van der Waals surface area contributed by atoms with Crippen molar-refractivity contribution in [2.75, 3.05) is 6.54 Å². The zero-order valence-electron chi connectivity index (χ0n) is 17.9. The van der Waals surface area contributed by atoms with E-state index in [4.69, 9.17) is 16.3 Å². The minimum absolute atomic E-state index is 0.0156. The predicted octanol–water partition coefficient (Wildman–Crippen LogP) is 4.42. The molecule has 3 aromatic rings. The Bertz CT molecular complexity index is 1160. The smallest absolute Gasteiger partial charge is 0.257 e. The average molecular weight is 437 g/mol. The van der Waals surface area contributed by atoms with Crippen LogP contribution in [0, 0.1) is 6.92 Å². The fraction of sp³-hybridized carbons (Fsp3) is 0.375. The van der Waals surface area contributed by atoms with Crippen molar-refractivity contribution in [3.05, 3.63) is 63.8 Å². The summed E-state index contributed by atoms with van der Waals surface area (Å²) < 4.78 is 7.94. The van der Waals surface area contributed by atoms with E-state index in [2.05, 4.69) is 29.4 Å². The molecule has 2 atom stereocenters. The zero-order valence-corrected chi connectivity index (χ0v) is 18.7. The van der Waals surface area contributed by atoms with Crippen molar-refractivity contribution in [1.82, 2.24) is 19.9 Å². The first-order valence-electron chi connectivity index (χ1n) is 10.7. The molecule has 6 rings (SSSR count). The Morgan fingerprint density at radius 1 is 1.26 bits per heavy atom. The van der Waals surface area contributed by atoms with E-state index in [0.717, 1.165) is 47.3 Å². The van der Waals surface area contributed by atoms with Crippen LogP contribution in [0.5, 0.6) is 5.75 Å². The monoisotopic (exact) mass is 436 g/mol. The van der Waals surface area contributed by atoms with Crippen LogP contribution < -0.4 is 4.74 Å². The summed E-state index contributed by atoms with van der Waals surface area (Å²) in [5, 5.41) is 8.71. The maximum absolute atomic E-state index is 13.3. The summed E-state index contributed by atoms with van der Waals surface area (Å²) in [6.07, 6.45) is 4.38. The van der Waals surface area contributed by atoms with Crippen LogP contribution in [-0.2, 0) is 13.5 Å². The quantitative estimate of drug-likeness (QED) is 0.609. The number of aromatic nitrogens is 3. The molecule has 1 saturated heterocycles. The normalized spacial score (nSPS) is 20.3. The highest BCUT2D eigenvalue weighted by Crippen LogP contribution is 2.40. The van der Waals surface area contributed by atoms with Crippen molar-refractivity contribution >= 4 is 17.5 Å². The van der Waals surface area contributed by atoms with Crippen molar-refractivity contribution in [2.24, 2.45) is 7.05 Å². The van der Waals surface area contributed by atoms with Crippen LogP contribution in [0.3, 0.4) is 0 Å². The SMILES string of the molecule is Cc1c(Cc2ccc(-c3cn(C)nn3)cc2)cc2c(c1Cl)O[C@H]1CCN(C2=O)[C@H](C)C1. The molecule has 1 amide bonds. The van der Waals surface area contributed by atoms with Gasteiger partial charge in [0.15, 0.2) is 5.75 Å². The third-order valence-corrected chi connectivity index (χ3v) is 6.88. The lowest BCUT2D eigenvalue weighted by atomic mass is 9.93. The van der Waals surface area contributed by atoms with Crippen molar-refractivity contribution in [1.29, 1.82) is 0 Å². The second-order valence-corrected chi connectivity index (χ2v) is 8.99. The Morgan fingerprint density at radius 3 is 2.71 bits per heavy atom. The van der Waals surface area contributed by atoms with Gasteiger partial charge in [0.1, 0.15) is 11.8 Å². The molecule has 0 saturated carbocycles. The Hall–Kier alpha value is -2.86. The first-order chi connectivity index (χ1) is 14.9. The summed E-state index contributed by atoms with van der Waals surface area (Å²) in [7, 11) is 1.85. The third kappa shape index (κ3) is 3.59. The number of nitrogens with zero attached hydrogens (tertiary/aromatic N) is 4. The van der Waals surface area contributed by atoms with Gasteiger partial charge in [0, 0.05) is 38.0 Å². The standard InChI is InChI=1S/C24H25ClN4O2/c1-14-10-19-8-9-29(14)24(30)20-12-18(15(2)22(25)23(20)31-19)11-16-4-6-17(7-5-16)21-13-28(3)27-26-21/h4-7,12-14,19H,8-11H2,1-3H3/t14-,19+/m1/s1. The molecule has 0 radical (unpaired) electrons. The molecular formula is C24H25ClN4O2. The van der Waals surface area contributed by atoms with Gasteiger partial charge in [-0.05, 0) is 43.0 Å². The van der Waals surface area contributed by atoms with Gasteiger partial charge in [-0.15, -0.1) is 5.10 Å². The lowest BCUT2D eigenvalue weighted by Gasteiger charge is -2.41. The molecule has 31 heavy (non-hydrogen) atoms. The first-order valence-corrected chi connectivity index (χ1v) is 11.0. The number of rotatable bonds is 3. The molecule has 1 aromatic heterocycles. The number of ether oxygens (including phenoxy) is 1. The van der Waals surface area contributed by atoms with Gasteiger partial charge in [0.2, 0.25) is 0 Å². The Kier molecular flexibility index (Phi) is 4.97. The van der Waals surface area contributed by atoms with Crippen LogP contribution >= 0.6 is 11.6 Å². The number of amides is 1. The van der Waals surface area contributed by atoms with Crippen LogP contribution in [0.15, 0.2) is 36.5 Å². The van der Waals surface area contributed by atoms with Gasteiger partial charge in [0.25, 0.3) is 5.91 Å². The van der Waals surface area contributed by atoms with Gasteiger partial charge >= 0.3 is 0 Å². The summed E-state index contributed by atoms with van der Waals surface area (Å²) in [6, 6.07) is 10.4. The lowest BCUT2D eigenvalue weighted by Crippen LogP contribution is -2.49. The molecular weight excluding hydrogens is 412 g/mol. The van der Waals surface area contributed by atoms with Crippen LogP contribution in [0.4, 0.5) is 0 Å². The van der Waals surface area contributed by atoms with Crippen molar-refractivity contribution in [3.8, 4) is 17.0 Å². The molecule has 1 fully saturated rings. The molecule has 3 aliphatic heterocycles. The summed E-state index contributed by atoms with van der Waals surface area (Å²) in [6.45, 7) is 4.82. The number of halogens is 1. The summed E-state index contributed by atoms with van der Waals surface area (Å²) >= 11 is 6.74. The van der Waals surface area contributed by atoms with Gasteiger partial charge in [-0.1, -0.05) is 41.1 Å². The second kappa shape index (κ2) is 7.68. The molecule has 2 bridgehead atoms. The van der Waals surface area contributed by atoms with E-state index in [1.54, 1.807) is 4.68 Å². The summed E-state index contributed by atoms with van der Waals surface area (Å²) in [4.78, 5) is 15.3. The highest BCUT2D eigenvalue weighted by molar-refractivity contribution is 6.33. The Balaban J connectivity index is 1.48. The number of piperidine rings is 1. The second-order valence-electron chi connectivity index (χ2n) is 8.61. The van der Waals surface area contributed by atoms with E-state index >= 15 is 0 Å². The van der Waals surface area contributed by atoms with E-state index in [1.807, 2.05) is 43.3 Å². The van der Waals surface area contributed by atoms with Crippen LogP contribution in [0.25, 0.3) is 11.3 Å². The number of fused-ring (bicyclic) bond motifs is 2. The average Bonchev–Trinajstić information content (AvgIpc) is 3.19. The van der Waals surface area contributed by atoms with Crippen LogP contribution in [-0.4, -0.2) is 44.5 Å². The molecule has 3 aliphatic rings. The third-order valence-electron chi connectivity index (χ3n) is 6.42. The number of hydrogen-bond donors (Lipinski definition) is 0. The number of hydrogen-bond acceptors (Lipinski definition) is 4. The number of carbonyl (C=O) groups excluding carboxylic acids is 1. The minimum atomic E-state index is 0.0156. The highest BCUT2D eigenvalue weighted by Gasteiger charge is 2.36. The predicted molar refractivity (Wildman–Crippen MR) is 120 cm³/mol. The molecule has 160 valence electrons. The van der Waals surface area contributed by atoms with Gasteiger partial charge in [-0.25, -0.2) is 0 Å². The molecule has 0 spiro atoms. The molecule has 0 unspecified atom stereocenters. The summed E-state index contributed by atoms with van der Waals surface area (Å²) in [5.74, 6) is 0.564. The van der Waals surface area contributed by atoms with Crippen LogP contribution in [0.1, 0.15) is 46.8 Å². The fourth-order valence-electron chi connectivity index (χ4n) is 4.59. The van der Waals surface area contributed by atoms with E-state index in [-0.39, 0.29) is 18.1 Å². The maximum Gasteiger partial charge on any atom is 0.257 e. The molecule has 2 aromatic carbocycles. The molecule has 7 heteroatoms. The minimum Gasteiger partial charge on any atom is -0.488 e. The molecule has 6 nitrogen and oxygen atoms in total. The number of aryl methyl sites for hydroxylation is 1. The van der Waals surface area contributed by atoms with Crippen molar-refractivity contribution < 1.29 is 9.53 Å². The van der Waals surface area contributed by atoms with Crippen LogP contribution in [0.2, 0.25) is 5.02 Å². The Morgan fingerprint density at radius 2 is 2.03 bits per heavy atom. The largest absolute Gasteiger partial charge is 0.488 e. The van der Waals surface area contributed by atoms with Gasteiger partial charge in [-0.3, -0.25) is 9.48 Å². The number of carbonyl (C=O) groups is 1.